The van der Waals surface area contributed by atoms with Crippen molar-refractivity contribution < 1.29 is 0 Å². The lowest BCUT2D eigenvalue weighted by atomic mass is 9.93. The van der Waals surface area contributed by atoms with Crippen LogP contribution in [0, 0.1) is 0 Å². The zero-order chi connectivity index (χ0) is 8.65. The number of nitrogens with zero attached hydrogens (tertiary/aromatic N) is 1. The molecule has 0 radical (unpaired) electrons. The molecule has 0 saturated carbocycles. The van der Waals surface area contributed by atoms with E-state index < -0.39 is 0 Å². The molecule has 0 fully saturated rings. The minimum Gasteiger partial charge on any atom is -0.369 e. The lowest BCUT2D eigenvalue weighted by molar-refractivity contribution is 0.573. The third kappa shape index (κ3) is 1.66. The van der Waals surface area contributed by atoms with E-state index in [0.29, 0.717) is 11.1 Å². The summed E-state index contributed by atoms with van der Waals surface area (Å²) in [5.74, 6) is 0.375. The average molecular weight is 174 g/mol. The molecule has 0 aliphatic carbocycles. The Morgan fingerprint density at radius 2 is 2.00 bits per heavy atom. The first-order chi connectivity index (χ1) is 4.91. The third-order valence-electron chi connectivity index (χ3n) is 1.43. The summed E-state index contributed by atoms with van der Waals surface area (Å²) in [6.07, 6.45) is 0. The number of nitrogens with one attached hydrogen (secondary N) is 1. The summed E-state index contributed by atoms with van der Waals surface area (Å²) in [6, 6.07) is 0. The first-order valence-electron chi connectivity index (χ1n) is 3.42. The molecule has 1 aromatic rings. The zero-order valence-electron chi connectivity index (χ0n) is 6.90. The normalized spacial score (nSPS) is 12.0. The Kier molecular flexibility index (Phi) is 1.84. The Labute approximate surface area is 71.0 Å². The average Bonchev–Trinajstić information content (AvgIpc) is 2.08. The number of halogens is 1. The maximum absolute atomic E-state index is 5.81. The molecule has 3 N–H and O–H groups in total. The highest BCUT2D eigenvalue weighted by Gasteiger charge is 2.20. The second-order valence-electron chi connectivity index (χ2n) is 3.54. The van der Waals surface area contributed by atoms with Crippen molar-refractivity contribution in [3.05, 3.63) is 10.8 Å². The maximum Gasteiger partial charge on any atom is 0.199 e. The minimum absolute atomic E-state index is 0.0261. The van der Waals surface area contributed by atoms with Gasteiger partial charge in [0.1, 0.15) is 0 Å². The third-order valence-corrected chi connectivity index (χ3v) is 1.70. The summed E-state index contributed by atoms with van der Waals surface area (Å²) in [4.78, 5) is 6.78. The fourth-order valence-corrected chi connectivity index (χ4v) is 1.29. The first-order valence-corrected chi connectivity index (χ1v) is 3.80. The number of anilines is 1. The lowest BCUT2D eigenvalue weighted by Crippen LogP contribution is -2.12. The highest BCUT2D eigenvalue weighted by atomic mass is 35.5. The predicted octanol–water partition coefficient (Wildman–Crippen LogP) is 1.94. The molecule has 1 aromatic heterocycles. The number of aromatic nitrogens is 2. The van der Waals surface area contributed by atoms with E-state index in [0.717, 1.165) is 5.69 Å². The summed E-state index contributed by atoms with van der Waals surface area (Å²) in [5.41, 5.74) is 6.28. The van der Waals surface area contributed by atoms with Crippen LogP contribution in [0.25, 0.3) is 0 Å². The Bertz CT molecular complexity index is 259. The molecule has 0 aromatic carbocycles. The molecule has 1 heterocycles. The largest absolute Gasteiger partial charge is 0.369 e. The molecule has 62 valence electrons. The zero-order valence-corrected chi connectivity index (χ0v) is 7.66. The van der Waals surface area contributed by atoms with E-state index >= 15 is 0 Å². The van der Waals surface area contributed by atoms with Gasteiger partial charge in [-0.15, -0.1) is 0 Å². The number of nitrogen functional groups attached to an aromatic ring is 1. The van der Waals surface area contributed by atoms with Crippen molar-refractivity contribution in [2.45, 2.75) is 26.2 Å². The van der Waals surface area contributed by atoms with Gasteiger partial charge in [0.2, 0.25) is 0 Å². The molecule has 0 saturated heterocycles. The molecular formula is C7H12ClN3. The number of nitrogens with two attached hydrogens (primary N) is 1. The number of H-pyrrole nitrogens is 1. The van der Waals surface area contributed by atoms with Crippen LogP contribution in [0.4, 0.5) is 5.95 Å². The van der Waals surface area contributed by atoms with Crippen molar-refractivity contribution in [3.8, 4) is 0 Å². The summed E-state index contributed by atoms with van der Waals surface area (Å²) in [6.45, 7) is 6.14. The number of rotatable bonds is 0. The summed E-state index contributed by atoms with van der Waals surface area (Å²) >= 11 is 5.81. The van der Waals surface area contributed by atoms with E-state index in [1.807, 2.05) is 20.8 Å². The SMILES string of the molecule is CC(C)(C)c1[nH]c(N)nc1Cl. The van der Waals surface area contributed by atoms with Crippen LogP contribution in [0.5, 0.6) is 0 Å². The van der Waals surface area contributed by atoms with Crippen molar-refractivity contribution in [2.24, 2.45) is 0 Å². The molecule has 0 aliphatic rings. The van der Waals surface area contributed by atoms with Crippen molar-refractivity contribution in [2.75, 3.05) is 5.73 Å². The van der Waals surface area contributed by atoms with Crippen LogP contribution in [0.1, 0.15) is 26.5 Å². The molecule has 0 spiro atoms. The molecule has 1 rings (SSSR count). The van der Waals surface area contributed by atoms with Gasteiger partial charge in [0.05, 0.1) is 5.69 Å². The molecule has 4 heteroatoms. The molecule has 0 amide bonds. The van der Waals surface area contributed by atoms with E-state index in [1.165, 1.54) is 0 Å². The van der Waals surface area contributed by atoms with E-state index in [4.69, 9.17) is 17.3 Å². The van der Waals surface area contributed by atoms with Crippen molar-refractivity contribution in [1.82, 2.24) is 9.97 Å². The van der Waals surface area contributed by atoms with Crippen molar-refractivity contribution in [1.29, 1.82) is 0 Å². The number of imidazole rings is 1. The van der Waals surface area contributed by atoms with Crippen LogP contribution >= 0.6 is 11.6 Å². The van der Waals surface area contributed by atoms with E-state index in [1.54, 1.807) is 0 Å². The number of hydrogen-bond donors (Lipinski definition) is 2. The van der Waals surface area contributed by atoms with Gasteiger partial charge in [-0.05, 0) is 0 Å². The molecule has 0 atom stereocenters. The maximum atomic E-state index is 5.81. The Morgan fingerprint density at radius 3 is 2.18 bits per heavy atom. The highest BCUT2D eigenvalue weighted by molar-refractivity contribution is 6.30. The van der Waals surface area contributed by atoms with Crippen molar-refractivity contribution in [3.63, 3.8) is 0 Å². The van der Waals surface area contributed by atoms with E-state index in [9.17, 15) is 0 Å². The summed E-state index contributed by atoms with van der Waals surface area (Å²) in [5, 5.41) is 0.468. The fourth-order valence-electron chi connectivity index (χ4n) is 0.866. The van der Waals surface area contributed by atoms with Crippen LogP contribution in [0.2, 0.25) is 5.15 Å². The topological polar surface area (TPSA) is 54.7 Å². The van der Waals surface area contributed by atoms with Crippen molar-refractivity contribution >= 4 is 17.5 Å². The highest BCUT2D eigenvalue weighted by Crippen LogP contribution is 2.27. The van der Waals surface area contributed by atoms with Gasteiger partial charge < -0.3 is 10.7 Å². The molecule has 0 aliphatic heterocycles. The monoisotopic (exact) mass is 173 g/mol. The van der Waals surface area contributed by atoms with Crippen LogP contribution in [-0.2, 0) is 5.41 Å². The second kappa shape index (κ2) is 2.41. The first kappa shape index (κ1) is 8.40. The Balaban J connectivity index is 3.13. The smallest absolute Gasteiger partial charge is 0.199 e. The molecule has 11 heavy (non-hydrogen) atoms. The standard InChI is InChI=1S/C7H12ClN3/c1-7(2,3)4-5(8)11-6(9)10-4/h1-3H3,(H3,9,10,11). The minimum atomic E-state index is -0.0261. The van der Waals surface area contributed by atoms with Gasteiger partial charge in [-0.2, -0.15) is 0 Å². The van der Waals surface area contributed by atoms with E-state index in [2.05, 4.69) is 9.97 Å². The molecule has 0 unspecified atom stereocenters. The van der Waals surface area contributed by atoms with Crippen LogP contribution in [0.3, 0.4) is 0 Å². The quantitative estimate of drug-likeness (QED) is 0.630. The Hall–Kier alpha value is -0.700. The number of aromatic amines is 1. The summed E-state index contributed by atoms with van der Waals surface area (Å²) in [7, 11) is 0. The van der Waals surface area contributed by atoms with Gasteiger partial charge in [0.25, 0.3) is 0 Å². The Morgan fingerprint density at radius 1 is 1.45 bits per heavy atom. The predicted molar refractivity (Wildman–Crippen MR) is 46.7 cm³/mol. The molecular weight excluding hydrogens is 162 g/mol. The number of hydrogen-bond acceptors (Lipinski definition) is 2. The van der Waals surface area contributed by atoms with Gasteiger partial charge >= 0.3 is 0 Å². The van der Waals surface area contributed by atoms with E-state index in [-0.39, 0.29) is 5.41 Å². The van der Waals surface area contributed by atoms with Crippen LogP contribution in [0.15, 0.2) is 0 Å². The fraction of sp³-hybridized carbons (Fsp3) is 0.571. The molecule has 0 bridgehead atoms. The second-order valence-corrected chi connectivity index (χ2v) is 3.90. The van der Waals surface area contributed by atoms with Gasteiger partial charge in [-0.3, -0.25) is 0 Å². The van der Waals surface area contributed by atoms with Gasteiger partial charge in [-0.25, -0.2) is 4.98 Å². The lowest BCUT2D eigenvalue weighted by Gasteiger charge is -2.15. The van der Waals surface area contributed by atoms with Crippen LogP contribution in [-0.4, -0.2) is 9.97 Å². The van der Waals surface area contributed by atoms with Gasteiger partial charge in [-0.1, -0.05) is 32.4 Å². The van der Waals surface area contributed by atoms with Gasteiger partial charge in [0.15, 0.2) is 11.1 Å². The van der Waals surface area contributed by atoms with Crippen LogP contribution < -0.4 is 5.73 Å². The molecule has 3 nitrogen and oxygen atoms in total. The summed E-state index contributed by atoms with van der Waals surface area (Å²) < 4.78 is 0. The van der Waals surface area contributed by atoms with Gasteiger partial charge in [0, 0.05) is 5.41 Å².